The topological polar surface area (TPSA) is 84.7 Å². The van der Waals surface area contributed by atoms with Gasteiger partial charge in [0.25, 0.3) is 0 Å². The van der Waals surface area contributed by atoms with Gasteiger partial charge in [0.15, 0.2) is 0 Å². The maximum atomic E-state index is 11.3. The Labute approximate surface area is 124 Å². The third-order valence-corrected chi connectivity index (χ3v) is 3.45. The Bertz CT molecular complexity index is 395. The van der Waals surface area contributed by atoms with Crippen molar-refractivity contribution >= 4 is 17.7 Å². The molecule has 0 aliphatic carbocycles. The van der Waals surface area contributed by atoms with Gasteiger partial charge in [0, 0.05) is 25.3 Å². The Balaban J connectivity index is 2.26. The van der Waals surface area contributed by atoms with Crippen LogP contribution in [0.25, 0.3) is 0 Å². The third-order valence-electron chi connectivity index (χ3n) is 2.49. The number of carbonyl (C=O) groups is 1. The molecular weight excluding hydrogens is 276 g/mol. The Morgan fingerprint density at radius 2 is 2.25 bits per heavy atom. The van der Waals surface area contributed by atoms with Crippen LogP contribution in [0.4, 0.5) is 0 Å². The van der Waals surface area contributed by atoms with Gasteiger partial charge in [0.05, 0.1) is 6.54 Å². The summed E-state index contributed by atoms with van der Waals surface area (Å²) in [5.74, 6) is 1.39. The van der Waals surface area contributed by atoms with E-state index in [4.69, 9.17) is 0 Å². The molecule has 1 aromatic rings. The van der Waals surface area contributed by atoms with E-state index in [1.807, 2.05) is 6.92 Å². The Kier molecular flexibility index (Phi) is 8.20. The van der Waals surface area contributed by atoms with Crippen LogP contribution >= 0.6 is 11.8 Å². The van der Waals surface area contributed by atoms with Crippen LogP contribution in [0.3, 0.4) is 0 Å². The van der Waals surface area contributed by atoms with Gasteiger partial charge < -0.3 is 10.6 Å². The summed E-state index contributed by atoms with van der Waals surface area (Å²) in [5.41, 5.74) is 0. The first kappa shape index (κ1) is 16.9. The molecule has 0 atom stereocenters. The van der Waals surface area contributed by atoms with E-state index in [1.54, 1.807) is 4.68 Å². The summed E-state index contributed by atoms with van der Waals surface area (Å²) in [6.07, 6.45) is 0.483. The first-order valence-electron chi connectivity index (χ1n) is 6.99. The van der Waals surface area contributed by atoms with Crippen molar-refractivity contribution in [1.29, 1.82) is 0 Å². The van der Waals surface area contributed by atoms with Gasteiger partial charge in [-0.2, -0.15) is 0 Å². The Morgan fingerprint density at radius 1 is 1.45 bits per heavy atom. The lowest BCUT2D eigenvalue weighted by molar-refractivity contribution is -0.120. The standard InChI is InChI=1S/C12H24N6OS/c1-4-14-11(19)5-8-20-12-15-16-17-18(12)7-6-13-9-10(2)3/h10,13H,4-9H2,1-3H3,(H,14,19). The van der Waals surface area contributed by atoms with E-state index < -0.39 is 0 Å². The second-order valence-electron chi connectivity index (χ2n) is 4.83. The average molecular weight is 300 g/mol. The minimum absolute atomic E-state index is 0.0672. The van der Waals surface area contributed by atoms with E-state index in [9.17, 15) is 4.79 Å². The van der Waals surface area contributed by atoms with Gasteiger partial charge in [-0.3, -0.25) is 4.79 Å². The highest BCUT2D eigenvalue weighted by atomic mass is 32.2. The lowest BCUT2D eigenvalue weighted by atomic mass is 10.2. The summed E-state index contributed by atoms with van der Waals surface area (Å²) in [7, 11) is 0. The number of carbonyl (C=O) groups excluding carboxylic acids is 1. The summed E-state index contributed by atoms with van der Waals surface area (Å²) in [5, 5.41) is 18.5. The zero-order valence-corrected chi connectivity index (χ0v) is 13.2. The van der Waals surface area contributed by atoms with E-state index in [0.29, 0.717) is 24.6 Å². The summed E-state index contributed by atoms with van der Waals surface area (Å²) < 4.78 is 1.77. The molecule has 8 heteroatoms. The van der Waals surface area contributed by atoms with E-state index in [1.165, 1.54) is 11.8 Å². The van der Waals surface area contributed by atoms with Gasteiger partial charge in [0.2, 0.25) is 11.1 Å². The predicted octanol–water partition coefficient (Wildman–Crippen LogP) is 0.537. The van der Waals surface area contributed by atoms with Crippen molar-refractivity contribution in [2.24, 2.45) is 5.92 Å². The van der Waals surface area contributed by atoms with Crippen LogP contribution in [-0.4, -0.2) is 51.5 Å². The third kappa shape index (κ3) is 6.85. The molecule has 7 nitrogen and oxygen atoms in total. The highest BCUT2D eigenvalue weighted by molar-refractivity contribution is 7.99. The molecule has 1 heterocycles. The van der Waals surface area contributed by atoms with Gasteiger partial charge in [-0.05, 0) is 29.8 Å². The fourth-order valence-corrected chi connectivity index (χ4v) is 2.38. The first-order chi connectivity index (χ1) is 9.63. The molecule has 0 fully saturated rings. The van der Waals surface area contributed by atoms with Gasteiger partial charge in [-0.25, -0.2) is 4.68 Å². The fraction of sp³-hybridized carbons (Fsp3) is 0.833. The zero-order chi connectivity index (χ0) is 14.8. The number of rotatable bonds is 10. The lowest BCUT2D eigenvalue weighted by Gasteiger charge is -2.08. The van der Waals surface area contributed by atoms with Crippen molar-refractivity contribution in [2.75, 3.05) is 25.4 Å². The van der Waals surface area contributed by atoms with Crippen LogP contribution in [-0.2, 0) is 11.3 Å². The average Bonchev–Trinajstić information content (AvgIpc) is 2.82. The van der Waals surface area contributed by atoms with E-state index in [0.717, 1.165) is 24.8 Å². The molecule has 0 aliphatic heterocycles. The van der Waals surface area contributed by atoms with Crippen molar-refractivity contribution in [2.45, 2.75) is 38.9 Å². The molecule has 2 N–H and O–H groups in total. The molecule has 0 unspecified atom stereocenters. The number of hydrogen-bond donors (Lipinski definition) is 2. The van der Waals surface area contributed by atoms with Crippen LogP contribution in [0.1, 0.15) is 27.2 Å². The summed E-state index contributed by atoms with van der Waals surface area (Å²) in [4.78, 5) is 11.3. The van der Waals surface area contributed by atoms with Crippen molar-refractivity contribution in [3.63, 3.8) is 0 Å². The van der Waals surface area contributed by atoms with Crippen molar-refractivity contribution in [3.05, 3.63) is 0 Å². The van der Waals surface area contributed by atoms with Crippen molar-refractivity contribution in [1.82, 2.24) is 30.8 Å². The number of tetrazole rings is 1. The molecule has 0 aliphatic rings. The molecule has 0 saturated carbocycles. The second-order valence-corrected chi connectivity index (χ2v) is 5.90. The molecule has 20 heavy (non-hydrogen) atoms. The molecule has 0 spiro atoms. The Hall–Kier alpha value is -1.15. The monoisotopic (exact) mass is 300 g/mol. The molecule has 1 aromatic heterocycles. The van der Waals surface area contributed by atoms with Crippen LogP contribution in [0.2, 0.25) is 0 Å². The summed E-state index contributed by atoms with van der Waals surface area (Å²) in [6.45, 7) is 9.50. The van der Waals surface area contributed by atoms with Crippen molar-refractivity contribution < 1.29 is 4.79 Å². The largest absolute Gasteiger partial charge is 0.356 e. The van der Waals surface area contributed by atoms with Crippen LogP contribution < -0.4 is 10.6 Å². The number of amides is 1. The Morgan fingerprint density at radius 3 is 2.95 bits per heavy atom. The predicted molar refractivity (Wildman–Crippen MR) is 79.5 cm³/mol. The quantitative estimate of drug-likeness (QED) is 0.484. The summed E-state index contributed by atoms with van der Waals surface area (Å²) >= 11 is 1.51. The highest BCUT2D eigenvalue weighted by Gasteiger charge is 2.08. The molecular formula is C12H24N6OS. The number of nitrogens with zero attached hydrogens (tertiary/aromatic N) is 4. The van der Waals surface area contributed by atoms with Crippen LogP contribution in [0.15, 0.2) is 5.16 Å². The summed E-state index contributed by atoms with van der Waals surface area (Å²) in [6, 6.07) is 0. The number of hydrogen-bond acceptors (Lipinski definition) is 6. The van der Waals surface area contributed by atoms with Crippen LogP contribution in [0.5, 0.6) is 0 Å². The second kappa shape index (κ2) is 9.71. The van der Waals surface area contributed by atoms with E-state index in [2.05, 4.69) is 40.0 Å². The number of nitrogens with one attached hydrogen (secondary N) is 2. The number of thioether (sulfide) groups is 1. The minimum atomic E-state index is 0.0672. The van der Waals surface area contributed by atoms with Gasteiger partial charge in [-0.1, -0.05) is 25.6 Å². The van der Waals surface area contributed by atoms with Gasteiger partial charge >= 0.3 is 0 Å². The maximum absolute atomic E-state index is 11.3. The highest BCUT2D eigenvalue weighted by Crippen LogP contribution is 2.14. The van der Waals surface area contributed by atoms with E-state index >= 15 is 0 Å². The smallest absolute Gasteiger partial charge is 0.220 e. The molecule has 0 saturated heterocycles. The minimum Gasteiger partial charge on any atom is -0.356 e. The fourth-order valence-electron chi connectivity index (χ4n) is 1.54. The zero-order valence-electron chi connectivity index (χ0n) is 12.4. The maximum Gasteiger partial charge on any atom is 0.220 e. The lowest BCUT2D eigenvalue weighted by Crippen LogP contribution is -2.25. The SMILES string of the molecule is CCNC(=O)CCSc1nnnn1CCNCC(C)C. The molecule has 0 radical (unpaired) electrons. The molecule has 114 valence electrons. The first-order valence-corrected chi connectivity index (χ1v) is 7.98. The van der Waals surface area contributed by atoms with Gasteiger partial charge in [0.1, 0.15) is 0 Å². The molecule has 1 rings (SSSR count). The van der Waals surface area contributed by atoms with Crippen LogP contribution in [0, 0.1) is 5.92 Å². The molecule has 1 amide bonds. The molecule has 0 bridgehead atoms. The van der Waals surface area contributed by atoms with E-state index in [-0.39, 0.29) is 5.91 Å². The van der Waals surface area contributed by atoms with Crippen molar-refractivity contribution in [3.8, 4) is 0 Å². The molecule has 0 aromatic carbocycles. The van der Waals surface area contributed by atoms with Gasteiger partial charge in [-0.15, -0.1) is 5.10 Å². The normalized spacial score (nSPS) is 11.0. The number of aromatic nitrogens is 4.